The Morgan fingerprint density at radius 2 is 2.20 bits per heavy atom. The molecule has 15 heavy (non-hydrogen) atoms. The van der Waals surface area contributed by atoms with Gasteiger partial charge in [-0.2, -0.15) is 0 Å². The van der Waals surface area contributed by atoms with E-state index in [1.54, 1.807) is 7.11 Å². The van der Waals surface area contributed by atoms with E-state index < -0.39 is 0 Å². The SMILES string of the molecule is COC1=CC2CC(C)=CCC(C=C1)C2=O. The minimum atomic E-state index is -0.00120. The van der Waals surface area contributed by atoms with Crippen LogP contribution in [-0.4, -0.2) is 12.9 Å². The van der Waals surface area contributed by atoms with Gasteiger partial charge in [0, 0.05) is 11.8 Å². The topological polar surface area (TPSA) is 26.3 Å². The molecule has 2 nitrogen and oxygen atoms in total. The monoisotopic (exact) mass is 204 g/mol. The minimum Gasteiger partial charge on any atom is -0.497 e. The maximum atomic E-state index is 12.1. The highest BCUT2D eigenvalue weighted by molar-refractivity contribution is 5.88. The van der Waals surface area contributed by atoms with Gasteiger partial charge in [0.2, 0.25) is 0 Å². The Kier molecular flexibility index (Phi) is 2.76. The lowest BCUT2D eigenvalue weighted by Crippen LogP contribution is -2.18. The Balaban J connectivity index is 2.36. The van der Waals surface area contributed by atoms with Crippen molar-refractivity contribution in [3.63, 3.8) is 0 Å². The molecule has 0 aromatic heterocycles. The van der Waals surface area contributed by atoms with Crippen molar-refractivity contribution in [3.05, 3.63) is 35.6 Å². The zero-order valence-electron chi connectivity index (χ0n) is 9.19. The van der Waals surface area contributed by atoms with E-state index >= 15 is 0 Å². The first-order chi connectivity index (χ1) is 7.20. The smallest absolute Gasteiger partial charge is 0.147 e. The Morgan fingerprint density at radius 3 is 2.93 bits per heavy atom. The number of hydrogen-bond donors (Lipinski definition) is 0. The van der Waals surface area contributed by atoms with E-state index in [0.29, 0.717) is 5.78 Å². The van der Waals surface area contributed by atoms with Crippen molar-refractivity contribution in [1.29, 1.82) is 0 Å². The molecular weight excluding hydrogens is 188 g/mol. The molecule has 0 saturated carbocycles. The summed E-state index contributed by atoms with van der Waals surface area (Å²) < 4.78 is 5.21. The second kappa shape index (κ2) is 4.05. The number of carbonyl (C=O) groups is 1. The number of Topliss-reactive ketones (excluding diaryl/α,β-unsaturated/α-hetero) is 1. The quantitative estimate of drug-likeness (QED) is 0.614. The van der Waals surface area contributed by atoms with Gasteiger partial charge in [-0.1, -0.05) is 17.7 Å². The van der Waals surface area contributed by atoms with Gasteiger partial charge in [-0.15, -0.1) is 0 Å². The lowest BCUT2D eigenvalue weighted by Gasteiger charge is -2.11. The van der Waals surface area contributed by atoms with Crippen molar-refractivity contribution < 1.29 is 9.53 Å². The van der Waals surface area contributed by atoms with E-state index in [4.69, 9.17) is 4.74 Å². The molecule has 2 unspecified atom stereocenters. The number of hydrogen-bond acceptors (Lipinski definition) is 2. The molecule has 0 fully saturated rings. The number of ketones is 1. The third kappa shape index (κ3) is 2.04. The molecule has 0 heterocycles. The average molecular weight is 204 g/mol. The molecule has 0 amide bonds. The van der Waals surface area contributed by atoms with Gasteiger partial charge >= 0.3 is 0 Å². The molecule has 0 saturated heterocycles. The summed E-state index contributed by atoms with van der Waals surface area (Å²) in [5.41, 5.74) is 1.30. The molecule has 0 aromatic carbocycles. The van der Waals surface area contributed by atoms with Crippen molar-refractivity contribution in [2.24, 2.45) is 11.8 Å². The van der Waals surface area contributed by atoms with E-state index in [2.05, 4.69) is 13.0 Å². The minimum absolute atomic E-state index is 0.00120. The second-order valence-corrected chi connectivity index (χ2v) is 4.24. The summed E-state index contributed by atoms with van der Waals surface area (Å²) in [6, 6.07) is 0. The largest absolute Gasteiger partial charge is 0.497 e. The predicted molar refractivity (Wildman–Crippen MR) is 59.2 cm³/mol. The Labute approximate surface area is 90.3 Å². The molecular formula is C13H16O2. The number of ether oxygens (including phenoxy) is 1. The summed E-state index contributed by atoms with van der Waals surface area (Å²) in [6.07, 6.45) is 9.68. The van der Waals surface area contributed by atoms with Gasteiger partial charge in [0.15, 0.2) is 0 Å². The Morgan fingerprint density at radius 1 is 1.40 bits per heavy atom. The van der Waals surface area contributed by atoms with Crippen LogP contribution in [0.1, 0.15) is 19.8 Å². The van der Waals surface area contributed by atoms with Gasteiger partial charge in [-0.25, -0.2) is 0 Å². The fraction of sp³-hybridized carbons (Fsp3) is 0.462. The molecule has 0 aromatic rings. The van der Waals surface area contributed by atoms with Crippen LogP contribution < -0.4 is 0 Å². The number of methoxy groups -OCH3 is 1. The molecule has 2 aliphatic carbocycles. The summed E-state index contributed by atoms with van der Waals surface area (Å²) in [7, 11) is 1.65. The average Bonchev–Trinajstić information content (AvgIpc) is 2.45. The van der Waals surface area contributed by atoms with Crippen molar-refractivity contribution >= 4 is 5.78 Å². The van der Waals surface area contributed by atoms with Crippen LogP contribution in [0.2, 0.25) is 0 Å². The van der Waals surface area contributed by atoms with Gasteiger partial charge < -0.3 is 4.74 Å². The van der Waals surface area contributed by atoms with Crippen LogP contribution in [0.15, 0.2) is 35.6 Å². The molecule has 2 bridgehead atoms. The molecule has 2 heteroatoms. The van der Waals surface area contributed by atoms with Crippen LogP contribution in [0.25, 0.3) is 0 Å². The predicted octanol–water partition coefficient (Wildman–Crippen LogP) is 2.63. The fourth-order valence-corrected chi connectivity index (χ4v) is 2.17. The summed E-state index contributed by atoms with van der Waals surface area (Å²) in [5.74, 6) is 1.17. The van der Waals surface area contributed by atoms with E-state index in [-0.39, 0.29) is 11.8 Å². The van der Waals surface area contributed by atoms with E-state index in [1.807, 2.05) is 18.2 Å². The van der Waals surface area contributed by atoms with Crippen LogP contribution in [0.4, 0.5) is 0 Å². The zero-order chi connectivity index (χ0) is 10.8. The Hall–Kier alpha value is -1.31. The molecule has 0 spiro atoms. The van der Waals surface area contributed by atoms with Gasteiger partial charge in [-0.3, -0.25) is 4.79 Å². The summed E-state index contributed by atoms with van der Waals surface area (Å²) in [5, 5.41) is 0. The highest BCUT2D eigenvalue weighted by atomic mass is 16.5. The fourth-order valence-electron chi connectivity index (χ4n) is 2.17. The van der Waals surface area contributed by atoms with E-state index in [0.717, 1.165) is 18.6 Å². The molecule has 2 aliphatic rings. The van der Waals surface area contributed by atoms with Crippen molar-refractivity contribution in [3.8, 4) is 0 Å². The van der Waals surface area contributed by atoms with E-state index in [1.165, 1.54) is 5.57 Å². The highest BCUT2D eigenvalue weighted by Gasteiger charge is 2.28. The third-order valence-electron chi connectivity index (χ3n) is 3.09. The first-order valence-electron chi connectivity index (χ1n) is 5.34. The maximum absolute atomic E-state index is 12.1. The molecule has 0 radical (unpaired) electrons. The number of carbonyl (C=O) groups excluding carboxylic acids is 1. The van der Waals surface area contributed by atoms with Crippen LogP contribution in [-0.2, 0) is 9.53 Å². The number of fused-ring (bicyclic) bond motifs is 2. The zero-order valence-corrected chi connectivity index (χ0v) is 9.19. The van der Waals surface area contributed by atoms with E-state index in [9.17, 15) is 4.79 Å². The van der Waals surface area contributed by atoms with Crippen LogP contribution in [0.3, 0.4) is 0 Å². The normalized spacial score (nSPS) is 30.1. The lowest BCUT2D eigenvalue weighted by atomic mass is 9.91. The maximum Gasteiger partial charge on any atom is 0.147 e. The summed E-state index contributed by atoms with van der Waals surface area (Å²) in [6.45, 7) is 2.09. The lowest BCUT2D eigenvalue weighted by molar-refractivity contribution is -0.123. The van der Waals surface area contributed by atoms with Crippen LogP contribution in [0, 0.1) is 11.8 Å². The van der Waals surface area contributed by atoms with Crippen LogP contribution >= 0.6 is 0 Å². The summed E-state index contributed by atoms with van der Waals surface area (Å²) >= 11 is 0. The first kappa shape index (κ1) is 10.2. The van der Waals surface area contributed by atoms with Crippen molar-refractivity contribution in [1.82, 2.24) is 0 Å². The van der Waals surface area contributed by atoms with Gasteiger partial charge in [0.05, 0.1) is 7.11 Å². The molecule has 0 N–H and O–H groups in total. The van der Waals surface area contributed by atoms with Crippen molar-refractivity contribution in [2.45, 2.75) is 19.8 Å². The van der Waals surface area contributed by atoms with Crippen LogP contribution in [0.5, 0.6) is 0 Å². The third-order valence-corrected chi connectivity index (χ3v) is 3.09. The van der Waals surface area contributed by atoms with Gasteiger partial charge in [0.1, 0.15) is 11.5 Å². The molecule has 2 rings (SSSR count). The molecule has 80 valence electrons. The highest BCUT2D eigenvalue weighted by Crippen LogP contribution is 2.29. The second-order valence-electron chi connectivity index (χ2n) is 4.24. The van der Waals surface area contributed by atoms with Gasteiger partial charge in [0.25, 0.3) is 0 Å². The first-order valence-corrected chi connectivity index (χ1v) is 5.34. The summed E-state index contributed by atoms with van der Waals surface area (Å²) in [4.78, 5) is 12.1. The van der Waals surface area contributed by atoms with Gasteiger partial charge in [-0.05, 0) is 31.9 Å². The number of allylic oxidation sites excluding steroid dienone is 5. The molecule has 2 atom stereocenters. The molecule has 0 aliphatic heterocycles. The van der Waals surface area contributed by atoms with Crippen molar-refractivity contribution in [2.75, 3.05) is 7.11 Å². The number of rotatable bonds is 1. The standard InChI is InChI=1S/C13H16O2/c1-9-3-4-10-5-6-12(15-2)8-11(7-9)13(10)14/h3,5-6,8,10-11H,4,7H2,1-2H3. The Bertz CT molecular complexity index is 361.